The summed E-state index contributed by atoms with van der Waals surface area (Å²) >= 11 is 1.33. The number of halogens is 3. The molecule has 0 bridgehead atoms. The van der Waals surface area contributed by atoms with Crippen LogP contribution in [-0.2, 0) is 6.18 Å². The lowest BCUT2D eigenvalue weighted by molar-refractivity contribution is -0.137. The molecule has 0 saturated carbocycles. The van der Waals surface area contributed by atoms with Crippen molar-refractivity contribution in [1.82, 2.24) is 5.32 Å². The van der Waals surface area contributed by atoms with E-state index < -0.39 is 23.8 Å². The van der Waals surface area contributed by atoms with Crippen LogP contribution >= 0.6 is 11.3 Å². The lowest BCUT2D eigenvalue weighted by Gasteiger charge is -2.11. The van der Waals surface area contributed by atoms with Crippen LogP contribution in [0.1, 0.15) is 26.9 Å². The van der Waals surface area contributed by atoms with Crippen molar-refractivity contribution in [3.05, 3.63) is 57.8 Å². The minimum atomic E-state index is -4.49. The van der Waals surface area contributed by atoms with Crippen LogP contribution < -0.4 is 5.32 Å². The van der Waals surface area contributed by atoms with Gasteiger partial charge in [-0.05, 0) is 29.6 Å². The minimum Gasteiger partial charge on any atom is -0.386 e. The van der Waals surface area contributed by atoms with Crippen LogP contribution in [0.4, 0.5) is 13.2 Å². The first kappa shape index (κ1) is 15.5. The number of rotatable bonds is 4. The Morgan fingerprint density at radius 1 is 1.29 bits per heavy atom. The predicted octanol–water partition coefficient (Wildman–Crippen LogP) is 3.23. The molecule has 21 heavy (non-hydrogen) atoms. The number of hydrogen-bond donors (Lipinski definition) is 2. The lowest BCUT2D eigenvalue weighted by atomic mass is 10.1. The second-order valence-corrected chi connectivity index (χ2v) is 5.30. The largest absolute Gasteiger partial charge is 0.416 e. The summed E-state index contributed by atoms with van der Waals surface area (Å²) in [4.78, 5) is 12.5. The van der Waals surface area contributed by atoms with Crippen molar-refractivity contribution in [3.8, 4) is 0 Å². The maximum Gasteiger partial charge on any atom is 0.416 e. The molecule has 7 heteroatoms. The maximum atomic E-state index is 12.6. The van der Waals surface area contributed by atoms with Crippen LogP contribution in [0.5, 0.6) is 0 Å². The smallest absolute Gasteiger partial charge is 0.386 e. The molecule has 1 heterocycles. The first-order valence-corrected chi connectivity index (χ1v) is 6.93. The summed E-state index contributed by atoms with van der Waals surface area (Å²) in [5.41, 5.74) is -0.975. The van der Waals surface area contributed by atoms with Crippen LogP contribution in [0.3, 0.4) is 0 Å². The Morgan fingerprint density at radius 3 is 2.67 bits per heavy atom. The third-order valence-electron chi connectivity index (χ3n) is 2.78. The molecular weight excluding hydrogens is 303 g/mol. The number of carbonyl (C=O) groups is 1. The Hall–Kier alpha value is -1.86. The number of thiophene rings is 1. The summed E-state index contributed by atoms with van der Waals surface area (Å²) in [6.45, 7) is -0.0599. The summed E-state index contributed by atoms with van der Waals surface area (Å²) in [6, 6.07) is 7.63. The van der Waals surface area contributed by atoms with E-state index in [-0.39, 0.29) is 12.1 Å². The number of aliphatic hydroxyl groups excluding tert-OH is 1. The normalized spacial score (nSPS) is 13.0. The first-order valence-electron chi connectivity index (χ1n) is 6.05. The Bertz CT molecular complexity index is 611. The molecule has 2 aromatic rings. The average Bonchev–Trinajstić information content (AvgIpc) is 2.98. The summed E-state index contributed by atoms with van der Waals surface area (Å²) in [7, 11) is 0. The Balaban J connectivity index is 2.01. The van der Waals surface area contributed by atoms with E-state index in [0.29, 0.717) is 4.88 Å². The zero-order valence-electron chi connectivity index (χ0n) is 10.7. The van der Waals surface area contributed by atoms with E-state index in [4.69, 9.17) is 0 Å². The quantitative estimate of drug-likeness (QED) is 0.910. The van der Waals surface area contributed by atoms with Crippen LogP contribution in [0, 0.1) is 0 Å². The number of aliphatic hydroxyl groups is 1. The molecule has 112 valence electrons. The van der Waals surface area contributed by atoms with Gasteiger partial charge >= 0.3 is 6.18 Å². The SMILES string of the molecule is O=C(NC[C@@H](O)c1cccs1)c1cccc(C(F)(F)F)c1. The molecule has 1 amide bonds. The molecule has 3 nitrogen and oxygen atoms in total. The Morgan fingerprint density at radius 2 is 2.05 bits per heavy atom. The molecule has 0 fully saturated rings. The van der Waals surface area contributed by atoms with E-state index in [1.807, 2.05) is 0 Å². The monoisotopic (exact) mass is 315 g/mol. The number of nitrogens with one attached hydrogen (secondary N) is 1. The number of benzene rings is 1. The fraction of sp³-hybridized carbons (Fsp3) is 0.214. The van der Waals surface area contributed by atoms with Crippen molar-refractivity contribution in [2.75, 3.05) is 6.54 Å². The highest BCUT2D eigenvalue weighted by Crippen LogP contribution is 2.29. The molecule has 0 aliphatic carbocycles. The van der Waals surface area contributed by atoms with Crippen LogP contribution in [0.25, 0.3) is 0 Å². The summed E-state index contributed by atoms with van der Waals surface area (Å²) in [5.74, 6) is -0.656. The van der Waals surface area contributed by atoms with E-state index in [1.165, 1.54) is 23.5 Å². The molecule has 1 aromatic heterocycles. The van der Waals surface area contributed by atoms with E-state index in [0.717, 1.165) is 12.1 Å². The van der Waals surface area contributed by atoms with Gasteiger partial charge in [0.1, 0.15) is 6.10 Å². The molecular formula is C14H12F3NO2S. The predicted molar refractivity (Wildman–Crippen MR) is 73.1 cm³/mol. The van der Waals surface area contributed by atoms with E-state index in [9.17, 15) is 23.1 Å². The van der Waals surface area contributed by atoms with Crippen molar-refractivity contribution in [2.24, 2.45) is 0 Å². The molecule has 0 unspecified atom stereocenters. The number of alkyl halides is 3. The zero-order chi connectivity index (χ0) is 15.5. The third kappa shape index (κ3) is 4.05. The fourth-order valence-electron chi connectivity index (χ4n) is 1.71. The maximum absolute atomic E-state index is 12.6. The minimum absolute atomic E-state index is 0.0599. The van der Waals surface area contributed by atoms with Crippen molar-refractivity contribution >= 4 is 17.2 Å². The molecule has 0 saturated heterocycles. The molecule has 0 radical (unpaired) electrons. The van der Waals surface area contributed by atoms with Gasteiger partial charge in [-0.25, -0.2) is 0 Å². The van der Waals surface area contributed by atoms with Gasteiger partial charge in [-0.3, -0.25) is 4.79 Å². The zero-order valence-corrected chi connectivity index (χ0v) is 11.5. The van der Waals surface area contributed by atoms with Gasteiger partial charge in [0.05, 0.1) is 5.56 Å². The number of carbonyl (C=O) groups excluding carboxylic acids is 1. The van der Waals surface area contributed by atoms with E-state index in [2.05, 4.69) is 5.32 Å². The topological polar surface area (TPSA) is 49.3 Å². The standard InChI is InChI=1S/C14H12F3NO2S/c15-14(16,17)10-4-1-3-9(7-10)13(20)18-8-11(19)12-5-2-6-21-12/h1-7,11,19H,8H2,(H,18,20)/t11-/m1/s1. The van der Waals surface area contributed by atoms with Crippen LogP contribution in [0.15, 0.2) is 41.8 Å². The Labute approximate surface area is 123 Å². The van der Waals surface area contributed by atoms with E-state index >= 15 is 0 Å². The third-order valence-corrected chi connectivity index (χ3v) is 3.75. The average molecular weight is 315 g/mol. The number of hydrogen-bond acceptors (Lipinski definition) is 3. The van der Waals surface area contributed by atoms with Gasteiger partial charge in [-0.1, -0.05) is 12.1 Å². The van der Waals surface area contributed by atoms with Crippen LogP contribution in [-0.4, -0.2) is 17.6 Å². The van der Waals surface area contributed by atoms with Gasteiger partial charge in [-0.15, -0.1) is 11.3 Å². The molecule has 1 atom stereocenters. The second kappa shape index (κ2) is 6.28. The van der Waals surface area contributed by atoms with Gasteiger partial charge in [0.25, 0.3) is 5.91 Å². The first-order chi connectivity index (χ1) is 9.88. The Kier molecular flexibility index (Phi) is 4.64. The van der Waals surface area contributed by atoms with Gasteiger partial charge in [0.15, 0.2) is 0 Å². The van der Waals surface area contributed by atoms with Crippen LogP contribution in [0.2, 0.25) is 0 Å². The summed E-state index contributed by atoms with van der Waals surface area (Å²) in [5, 5.41) is 14.0. The van der Waals surface area contributed by atoms with Gasteiger partial charge in [0, 0.05) is 17.0 Å². The van der Waals surface area contributed by atoms with Crippen molar-refractivity contribution in [3.63, 3.8) is 0 Å². The lowest BCUT2D eigenvalue weighted by Crippen LogP contribution is -2.28. The molecule has 2 rings (SSSR count). The second-order valence-electron chi connectivity index (χ2n) is 4.32. The molecule has 0 spiro atoms. The van der Waals surface area contributed by atoms with Crippen molar-refractivity contribution in [2.45, 2.75) is 12.3 Å². The molecule has 0 aliphatic heterocycles. The molecule has 1 aromatic carbocycles. The number of amides is 1. The van der Waals surface area contributed by atoms with Crippen molar-refractivity contribution in [1.29, 1.82) is 0 Å². The summed E-state index contributed by atoms with van der Waals surface area (Å²) in [6.07, 6.45) is -5.37. The van der Waals surface area contributed by atoms with Crippen molar-refractivity contribution < 1.29 is 23.1 Å². The fourth-order valence-corrected chi connectivity index (χ4v) is 2.42. The molecule has 0 aliphatic rings. The van der Waals surface area contributed by atoms with Gasteiger partial charge in [-0.2, -0.15) is 13.2 Å². The van der Waals surface area contributed by atoms with Gasteiger partial charge in [0.2, 0.25) is 0 Å². The molecule has 2 N–H and O–H groups in total. The highest BCUT2D eigenvalue weighted by molar-refractivity contribution is 7.10. The highest BCUT2D eigenvalue weighted by atomic mass is 32.1. The highest BCUT2D eigenvalue weighted by Gasteiger charge is 2.30. The van der Waals surface area contributed by atoms with E-state index in [1.54, 1.807) is 17.5 Å². The van der Waals surface area contributed by atoms with Gasteiger partial charge < -0.3 is 10.4 Å². The summed E-state index contributed by atoms with van der Waals surface area (Å²) < 4.78 is 37.7.